The third-order valence-electron chi connectivity index (χ3n) is 7.90. The molecule has 1 saturated heterocycles. The van der Waals surface area contributed by atoms with Gasteiger partial charge in [0.1, 0.15) is 11.2 Å². The maximum atomic E-state index is 6.82. The Bertz CT molecular complexity index is 1920. The van der Waals surface area contributed by atoms with Gasteiger partial charge in [0, 0.05) is 51.2 Å². The van der Waals surface area contributed by atoms with Gasteiger partial charge in [-0.25, -0.2) is 0 Å². The average molecular weight is 480 g/mol. The number of benzene rings is 4. The lowest BCUT2D eigenvalue weighted by atomic mass is 9.78. The summed E-state index contributed by atoms with van der Waals surface area (Å²) in [6, 6.07) is 19.6. The largest absolute Gasteiger partial charge is 0.496 e. The van der Waals surface area contributed by atoms with Crippen LogP contribution in [-0.4, -0.2) is 18.3 Å². The fraction of sp³-hybridized carbons (Fsp3) is 0.214. The van der Waals surface area contributed by atoms with E-state index in [0.717, 1.165) is 22.0 Å². The van der Waals surface area contributed by atoms with E-state index >= 15 is 0 Å². The second-order valence-corrected chi connectivity index (χ2v) is 12.5. The third-order valence-corrected chi connectivity index (χ3v) is 10.2. The molecule has 0 saturated carbocycles. The minimum atomic E-state index is -0.406. The van der Waals surface area contributed by atoms with Gasteiger partial charge in [-0.3, -0.25) is 0 Å². The Morgan fingerprint density at radius 1 is 0.706 bits per heavy atom. The smallest absolute Gasteiger partial charge is 0.455 e. The minimum absolute atomic E-state index is 0.383. The van der Waals surface area contributed by atoms with Gasteiger partial charge in [-0.2, -0.15) is 0 Å². The summed E-state index contributed by atoms with van der Waals surface area (Å²) in [6.45, 7) is 8.42. The van der Waals surface area contributed by atoms with Crippen molar-refractivity contribution in [3.63, 3.8) is 0 Å². The standard InChI is InChI=1S/C28H21BO3S2/c1-27(2)28(3,4)32-29(31-27)16-9-10-17-21-22-19(34-26(16)21)12-11-18-23(22)24-20(33-18)13-14-7-5-6-8-15(14)25(24)30-17/h5-13H,1-4H3. The van der Waals surface area contributed by atoms with E-state index in [4.69, 9.17) is 13.7 Å². The zero-order valence-electron chi connectivity index (χ0n) is 19.3. The first-order valence-electron chi connectivity index (χ1n) is 11.6. The molecule has 4 aromatic carbocycles. The van der Waals surface area contributed by atoms with Crippen molar-refractivity contribution in [2.24, 2.45) is 0 Å². The van der Waals surface area contributed by atoms with Crippen LogP contribution in [0.1, 0.15) is 27.7 Å². The molecule has 3 aromatic heterocycles. The molecule has 34 heavy (non-hydrogen) atoms. The molecule has 0 aliphatic carbocycles. The van der Waals surface area contributed by atoms with E-state index in [1.165, 1.54) is 45.7 Å². The van der Waals surface area contributed by atoms with Crippen molar-refractivity contribution in [2.75, 3.05) is 0 Å². The molecule has 6 heteroatoms. The van der Waals surface area contributed by atoms with Crippen molar-refractivity contribution in [1.29, 1.82) is 0 Å². The zero-order valence-corrected chi connectivity index (χ0v) is 20.9. The van der Waals surface area contributed by atoms with Crippen LogP contribution in [0.2, 0.25) is 0 Å². The molecule has 7 aromatic rings. The highest BCUT2D eigenvalue weighted by atomic mass is 32.1. The molecule has 0 spiro atoms. The predicted molar refractivity (Wildman–Crippen MR) is 146 cm³/mol. The molecule has 0 N–H and O–H groups in total. The monoisotopic (exact) mass is 480 g/mol. The second kappa shape index (κ2) is 6.13. The first-order chi connectivity index (χ1) is 16.3. The number of hydrogen-bond acceptors (Lipinski definition) is 5. The predicted octanol–water partition coefficient (Wildman–Crippen LogP) is 8.06. The maximum Gasteiger partial charge on any atom is 0.496 e. The van der Waals surface area contributed by atoms with Crippen LogP contribution in [-0.2, 0) is 9.31 Å². The van der Waals surface area contributed by atoms with Gasteiger partial charge in [-0.15, -0.1) is 22.7 Å². The van der Waals surface area contributed by atoms with E-state index < -0.39 is 7.12 Å². The molecule has 1 aliphatic rings. The first-order valence-corrected chi connectivity index (χ1v) is 13.3. The van der Waals surface area contributed by atoms with Crippen molar-refractivity contribution >= 4 is 97.5 Å². The van der Waals surface area contributed by atoms with Gasteiger partial charge in [0.05, 0.1) is 11.2 Å². The van der Waals surface area contributed by atoms with Crippen LogP contribution < -0.4 is 5.46 Å². The van der Waals surface area contributed by atoms with Crippen LogP contribution in [0, 0.1) is 0 Å². The van der Waals surface area contributed by atoms with Crippen LogP contribution in [0.4, 0.5) is 0 Å². The Balaban J connectivity index is 1.56. The summed E-state index contributed by atoms with van der Waals surface area (Å²) in [5, 5.41) is 7.39. The number of fused-ring (bicyclic) bond motifs is 2. The normalized spacial score (nSPS) is 18.2. The number of hydrogen-bond donors (Lipinski definition) is 0. The Morgan fingerprint density at radius 3 is 2.21 bits per heavy atom. The van der Waals surface area contributed by atoms with Crippen LogP contribution in [0.5, 0.6) is 0 Å². The van der Waals surface area contributed by atoms with E-state index in [9.17, 15) is 0 Å². The van der Waals surface area contributed by atoms with Gasteiger partial charge in [-0.05, 0) is 57.3 Å². The van der Waals surface area contributed by atoms with Crippen LogP contribution in [0.25, 0.3) is 62.3 Å². The van der Waals surface area contributed by atoms with E-state index in [2.05, 4.69) is 82.3 Å². The summed E-state index contributed by atoms with van der Waals surface area (Å²) in [7, 11) is -0.406. The minimum Gasteiger partial charge on any atom is -0.455 e. The molecule has 0 bridgehead atoms. The molecule has 0 atom stereocenters. The molecular formula is C28H21BO3S2. The molecule has 1 fully saturated rings. The van der Waals surface area contributed by atoms with Crippen LogP contribution in [0.15, 0.2) is 59.0 Å². The Kier molecular flexibility index (Phi) is 3.54. The quantitative estimate of drug-likeness (QED) is 0.223. The zero-order chi connectivity index (χ0) is 23.0. The van der Waals surface area contributed by atoms with Crippen molar-refractivity contribution in [3.05, 3.63) is 54.6 Å². The summed E-state index contributed by atoms with van der Waals surface area (Å²) in [6.07, 6.45) is 0. The second-order valence-electron chi connectivity index (χ2n) is 10.4. The van der Waals surface area contributed by atoms with E-state index in [1.807, 2.05) is 22.7 Å². The molecule has 3 nitrogen and oxygen atoms in total. The summed E-state index contributed by atoms with van der Waals surface area (Å²) < 4.78 is 24.8. The summed E-state index contributed by atoms with van der Waals surface area (Å²) in [5.74, 6) is 0. The Hall–Kier alpha value is -2.64. The highest BCUT2D eigenvalue weighted by Crippen LogP contribution is 2.50. The molecule has 1 aliphatic heterocycles. The molecule has 0 amide bonds. The molecule has 166 valence electrons. The van der Waals surface area contributed by atoms with Crippen LogP contribution in [0.3, 0.4) is 0 Å². The average Bonchev–Trinajstić information content (AvgIpc) is 3.37. The van der Waals surface area contributed by atoms with E-state index in [-0.39, 0.29) is 11.2 Å². The van der Waals surface area contributed by atoms with Gasteiger partial charge in [0.2, 0.25) is 0 Å². The van der Waals surface area contributed by atoms with Gasteiger partial charge >= 0.3 is 7.12 Å². The maximum absolute atomic E-state index is 6.82. The highest BCUT2D eigenvalue weighted by Gasteiger charge is 2.52. The van der Waals surface area contributed by atoms with E-state index in [0.29, 0.717) is 0 Å². The van der Waals surface area contributed by atoms with Crippen molar-refractivity contribution < 1.29 is 13.7 Å². The summed E-state index contributed by atoms with van der Waals surface area (Å²) in [5.41, 5.74) is 2.19. The van der Waals surface area contributed by atoms with Gasteiger partial charge < -0.3 is 13.7 Å². The lowest BCUT2D eigenvalue weighted by Gasteiger charge is -2.32. The van der Waals surface area contributed by atoms with Gasteiger partial charge in [0.25, 0.3) is 0 Å². The lowest BCUT2D eigenvalue weighted by molar-refractivity contribution is 0.00578. The van der Waals surface area contributed by atoms with Crippen LogP contribution >= 0.6 is 22.7 Å². The lowest BCUT2D eigenvalue weighted by Crippen LogP contribution is -2.41. The topological polar surface area (TPSA) is 31.6 Å². The molecular weight excluding hydrogens is 459 g/mol. The number of thiophene rings is 2. The fourth-order valence-electron chi connectivity index (χ4n) is 5.45. The van der Waals surface area contributed by atoms with Gasteiger partial charge in [0.15, 0.2) is 0 Å². The molecule has 8 rings (SSSR count). The van der Waals surface area contributed by atoms with Crippen molar-refractivity contribution in [3.8, 4) is 0 Å². The molecule has 0 radical (unpaired) electrons. The van der Waals surface area contributed by atoms with E-state index in [1.54, 1.807) is 0 Å². The van der Waals surface area contributed by atoms with Crippen molar-refractivity contribution in [2.45, 2.75) is 38.9 Å². The third kappa shape index (κ3) is 2.30. The highest BCUT2D eigenvalue weighted by molar-refractivity contribution is 7.29. The fourth-order valence-corrected chi connectivity index (χ4v) is 7.86. The Morgan fingerprint density at radius 2 is 1.41 bits per heavy atom. The van der Waals surface area contributed by atoms with Crippen molar-refractivity contribution in [1.82, 2.24) is 0 Å². The molecule has 0 unspecified atom stereocenters. The Labute approximate surface area is 204 Å². The summed E-state index contributed by atoms with van der Waals surface area (Å²) >= 11 is 3.66. The summed E-state index contributed by atoms with van der Waals surface area (Å²) in [4.78, 5) is 0. The van der Waals surface area contributed by atoms with Gasteiger partial charge in [-0.1, -0.05) is 30.3 Å². The molecule has 4 heterocycles. The number of rotatable bonds is 1. The SMILES string of the molecule is CC1(C)OB(c2ccc3oc4c5ccccc5cc5sc6ccc7sc2c3c7c6c54)OC1(C)C. The first kappa shape index (κ1) is 19.6.